The standard InChI is InChI=1S/C20H18O/c1-15(21)16-7-9-19(10-8-16)20-13-11-18(12-14-20)17-5-3-2-4-6-17/h2-15,21H,1H3/t15-/m1/s1. The normalized spacial score (nSPS) is 12.1. The Balaban J connectivity index is 1.87. The minimum Gasteiger partial charge on any atom is -0.389 e. The summed E-state index contributed by atoms with van der Waals surface area (Å²) in [5, 5.41) is 9.55. The molecule has 0 aliphatic rings. The highest BCUT2D eigenvalue weighted by Gasteiger charge is 2.02. The maximum Gasteiger partial charge on any atom is 0.0761 e. The third-order valence-corrected chi connectivity index (χ3v) is 3.72. The van der Waals surface area contributed by atoms with E-state index in [0.717, 1.165) is 5.56 Å². The van der Waals surface area contributed by atoms with Crippen LogP contribution in [0.1, 0.15) is 18.6 Å². The van der Waals surface area contributed by atoms with Crippen LogP contribution in [-0.4, -0.2) is 5.11 Å². The van der Waals surface area contributed by atoms with E-state index in [1.54, 1.807) is 6.92 Å². The Labute approximate surface area is 125 Å². The zero-order valence-corrected chi connectivity index (χ0v) is 12.0. The Morgan fingerprint density at radius 3 is 1.38 bits per heavy atom. The molecule has 0 amide bonds. The van der Waals surface area contributed by atoms with Gasteiger partial charge in [-0.25, -0.2) is 0 Å². The Hall–Kier alpha value is -2.38. The largest absolute Gasteiger partial charge is 0.389 e. The van der Waals surface area contributed by atoms with E-state index in [0.29, 0.717) is 0 Å². The molecule has 21 heavy (non-hydrogen) atoms. The van der Waals surface area contributed by atoms with E-state index >= 15 is 0 Å². The molecule has 1 atom stereocenters. The van der Waals surface area contributed by atoms with Crippen LogP contribution in [0.5, 0.6) is 0 Å². The number of rotatable bonds is 3. The van der Waals surface area contributed by atoms with E-state index in [2.05, 4.69) is 60.7 Å². The van der Waals surface area contributed by atoms with Crippen molar-refractivity contribution in [2.45, 2.75) is 13.0 Å². The third-order valence-electron chi connectivity index (χ3n) is 3.72. The van der Waals surface area contributed by atoms with Gasteiger partial charge in [0.1, 0.15) is 0 Å². The van der Waals surface area contributed by atoms with Gasteiger partial charge in [0.2, 0.25) is 0 Å². The van der Waals surface area contributed by atoms with Crippen molar-refractivity contribution in [1.82, 2.24) is 0 Å². The second-order valence-electron chi connectivity index (χ2n) is 5.24. The Bertz CT molecular complexity index is 695. The summed E-state index contributed by atoms with van der Waals surface area (Å²) in [4.78, 5) is 0. The Morgan fingerprint density at radius 1 is 0.571 bits per heavy atom. The molecule has 0 aliphatic heterocycles. The van der Waals surface area contributed by atoms with E-state index in [-0.39, 0.29) is 0 Å². The number of hydrogen-bond acceptors (Lipinski definition) is 1. The van der Waals surface area contributed by atoms with Crippen molar-refractivity contribution < 1.29 is 5.11 Å². The van der Waals surface area contributed by atoms with Crippen LogP contribution in [0.3, 0.4) is 0 Å². The lowest BCUT2D eigenvalue weighted by atomic mass is 9.99. The van der Waals surface area contributed by atoms with Crippen LogP contribution in [0.15, 0.2) is 78.9 Å². The van der Waals surface area contributed by atoms with Gasteiger partial charge in [-0.05, 0) is 34.7 Å². The lowest BCUT2D eigenvalue weighted by molar-refractivity contribution is 0.199. The van der Waals surface area contributed by atoms with E-state index in [1.807, 2.05) is 18.2 Å². The predicted octanol–water partition coefficient (Wildman–Crippen LogP) is 5.07. The van der Waals surface area contributed by atoms with E-state index < -0.39 is 6.10 Å². The molecule has 0 unspecified atom stereocenters. The minimum absolute atomic E-state index is 0.417. The topological polar surface area (TPSA) is 20.2 Å². The lowest BCUT2D eigenvalue weighted by Crippen LogP contribution is -1.90. The number of hydrogen-bond donors (Lipinski definition) is 1. The summed E-state index contributed by atoms with van der Waals surface area (Å²) in [6.45, 7) is 1.78. The fourth-order valence-corrected chi connectivity index (χ4v) is 2.44. The van der Waals surface area contributed by atoms with Crippen LogP contribution >= 0.6 is 0 Å². The second kappa shape index (κ2) is 5.94. The van der Waals surface area contributed by atoms with Crippen LogP contribution in [-0.2, 0) is 0 Å². The van der Waals surface area contributed by atoms with Gasteiger partial charge in [0.25, 0.3) is 0 Å². The van der Waals surface area contributed by atoms with Gasteiger partial charge < -0.3 is 5.11 Å². The molecular formula is C20H18O. The molecule has 0 saturated carbocycles. The van der Waals surface area contributed by atoms with E-state index in [4.69, 9.17) is 0 Å². The smallest absolute Gasteiger partial charge is 0.0761 e. The molecule has 0 aliphatic carbocycles. The van der Waals surface area contributed by atoms with Crippen molar-refractivity contribution in [2.75, 3.05) is 0 Å². The first-order valence-electron chi connectivity index (χ1n) is 7.18. The maximum absolute atomic E-state index is 9.55. The van der Waals surface area contributed by atoms with Gasteiger partial charge in [-0.1, -0.05) is 78.9 Å². The predicted molar refractivity (Wildman–Crippen MR) is 87.9 cm³/mol. The van der Waals surface area contributed by atoms with Crippen molar-refractivity contribution in [3.63, 3.8) is 0 Å². The summed E-state index contributed by atoms with van der Waals surface area (Å²) in [5.74, 6) is 0. The quantitative estimate of drug-likeness (QED) is 0.706. The molecular weight excluding hydrogens is 256 g/mol. The third kappa shape index (κ3) is 3.04. The highest BCUT2D eigenvalue weighted by Crippen LogP contribution is 2.25. The number of aliphatic hydroxyl groups excluding tert-OH is 1. The maximum atomic E-state index is 9.55. The summed E-state index contributed by atoms with van der Waals surface area (Å²) < 4.78 is 0. The van der Waals surface area contributed by atoms with Crippen molar-refractivity contribution in [3.05, 3.63) is 84.4 Å². The van der Waals surface area contributed by atoms with Crippen LogP contribution in [0.4, 0.5) is 0 Å². The highest BCUT2D eigenvalue weighted by molar-refractivity contribution is 5.70. The van der Waals surface area contributed by atoms with Gasteiger partial charge in [-0.3, -0.25) is 0 Å². The van der Waals surface area contributed by atoms with Crippen LogP contribution in [0, 0.1) is 0 Å². The first-order valence-corrected chi connectivity index (χ1v) is 7.18. The molecule has 1 heteroatoms. The first kappa shape index (κ1) is 13.6. The second-order valence-corrected chi connectivity index (χ2v) is 5.24. The molecule has 104 valence electrons. The molecule has 0 heterocycles. The number of aliphatic hydroxyl groups is 1. The first-order chi connectivity index (χ1) is 10.2. The van der Waals surface area contributed by atoms with Crippen molar-refractivity contribution in [3.8, 4) is 22.3 Å². The average Bonchev–Trinajstić information content (AvgIpc) is 2.56. The van der Waals surface area contributed by atoms with E-state index in [9.17, 15) is 5.11 Å². The Morgan fingerprint density at radius 2 is 0.952 bits per heavy atom. The van der Waals surface area contributed by atoms with E-state index in [1.165, 1.54) is 22.3 Å². The van der Waals surface area contributed by atoms with Crippen LogP contribution in [0.25, 0.3) is 22.3 Å². The van der Waals surface area contributed by atoms with Crippen LogP contribution in [0.2, 0.25) is 0 Å². The minimum atomic E-state index is -0.417. The van der Waals surface area contributed by atoms with Gasteiger partial charge in [0.05, 0.1) is 6.10 Å². The summed E-state index contributed by atoms with van der Waals surface area (Å²) >= 11 is 0. The number of benzene rings is 3. The van der Waals surface area contributed by atoms with Gasteiger partial charge >= 0.3 is 0 Å². The monoisotopic (exact) mass is 274 g/mol. The van der Waals surface area contributed by atoms with Gasteiger partial charge in [-0.15, -0.1) is 0 Å². The summed E-state index contributed by atoms with van der Waals surface area (Å²) in [6.07, 6.45) is -0.417. The van der Waals surface area contributed by atoms with Crippen LogP contribution < -0.4 is 0 Å². The van der Waals surface area contributed by atoms with Gasteiger partial charge in [-0.2, -0.15) is 0 Å². The van der Waals surface area contributed by atoms with Gasteiger partial charge in [0.15, 0.2) is 0 Å². The molecule has 0 spiro atoms. The molecule has 0 bridgehead atoms. The molecule has 3 rings (SSSR count). The molecule has 0 aromatic heterocycles. The Kier molecular flexibility index (Phi) is 3.85. The molecule has 1 nitrogen and oxygen atoms in total. The molecule has 0 radical (unpaired) electrons. The fraction of sp³-hybridized carbons (Fsp3) is 0.100. The molecule has 0 saturated heterocycles. The van der Waals surface area contributed by atoms with Gasteiger partial charge in [0, 0.05) is 0 Å². The summed E-state index contributed by atoms with van der Waals surface area (Å²) in [5.41, 5.74) is 5.75. The molecule has 1 N–H and O–H groups in total. The fourth-order valence-electron chi connectivity index (χ4n) is 2.44. The zero-order chi connectivity index (χ0) is 14.7. The SMILES string of the molecule is C[C@@H](O)c1ccc(-c2ccc(-c3ccccc3)cc2)cc1. The molecule has 0 fully saturated rings. The average molecular weight is 274 g/mol. The lowest BCUT2D eigenvalue weighted by Gasteiger charge is -2.08. The highest BCUT2D eigenvalue weighted by atomic mass is 16.3. The zero-order valence-electron chi connectivity index (χ0n) is 12.0. The van der Waals surface area contributed by atoms with Crippen molar-refractivity contribution in [1.29, 1.82) is 0 Å². The van der Waals surface area contributed by atoms with Crippen molar-refractivity contribution >= 4 is 0 Å². The summed E-state index contributed by atoms with van der Waals surface area (Å²) in [6, 6.07) is 27.0. The van der Waals surface area contributed by atoms with Crippen molar-refractivity contribution in [2.24, 2.45) is 0 Å². The molecule has 3 aromatic rings. The molecule has 3 aromatic carbocycles. The summed E-state index contributed by atoms with van der Waals surface area (Å²) in [7, 11) is 0.